The summed E-state index contributed by atoms with van der Waals surface area (Å²) in [5, 5.41) is 12.7. The molecule has 2 atom stereocenters. The molecule has 2 N–H and O–H groups in total. The zero-order valence-electron chi connectivity index (χ0n) is 18.5. The predicted octanol–water partition coefficient (Wildman–Crippen LogP) is 5.13. The van der Waals surface area contributed by atoms with Crippen molar-refractivity contribution in [2.45, 2.75) is 31.7 Å². The van der Waals surface area contributed by atoms with E-state index >= 15 is 0 Å². The third kappa shape index (κ3) is 4.18. The Bertz CT molecular complexity index is 1150. The van der Waals surface area contributed by atoms with Gasteiger partial charge in [0, 0.05) is 41.5 Å². The normalized spacial score (nSPS) is 18.1. The SMILES string of the molecule is CCCN(c1ccccn1)c1cccc2c1OC[C@H]2Nc1ccc2c(c1)OC[C@H]2CC(=O)O. The van der Waals surface area contributed by atoms with Crippen LogP contribution in [0.1, 0.15) is 42.9 Å². The molecule has 3 heterocycles. The molecule has 1 aromatic heterocycles. The van der Waals surface area contributed by atoms with E-state index in [2.05, 4.69) is 40.3 Å². The number of para-hydroxylation sites is 1. The quantitative estimate of drug-likeness (QED) is 0.497. The summed E-state index contributed by atoms with van der Waals surface area (Å²) in [6, 6.07) is 18.1. The molecule has 7 heteroatoms. The Morgan fingerprint density at radius 2 is 2.03 bits per heavy atom. The van der Waals surface area contributed by atoms with Crippen molar-refractivity contribution < 1.29 is 19.4 Å². The second kappa shape index (κ2) is 9.02. The van der Waals surface area contributed by atoms with Gasteiger partial charge in [-0.3, -0.25) is 4.79 Å². The Hall–Kier alpha value is -3.74. The van der Waals surface area contributed by atoms with Crippen LogP contribution in [-0.2, 0) is 4.79 Å². The standard InChI is InChI=1S/C26H27N3O4/c1-2-12-29(24-8-3-4-11-27-24)22-7-5-6-20-21(16-33-26(20)22)28-18-9-10-19-17(13-25(30)31)15-32-23(19)14-18/h3-11,14,17,21,28H,2,12-13,15-16H2,1H3,(H,30,31)/t17-,21-/m1/s1. The number of carboxylic acids is 1. The van der Waals surface area contributed by atoms with Gasteiger partial charge in [-0.25, -0.2) is 4.98 Å². The summed E-state index contributed by atoms with van der Waals surface area (Å²) in [5.41, 5.74) is 4.01. The number of ether oxygens (including phenoxy) is 2. The molecule has 0 radical (unpaired) electrons. The molecule has 0 saturated heterocycles. The number of pyridine rings is 1. The van der Waals surface area contributed by atoms with E-state index in [0.29, 0.717) is 13.2 Å². The third-order valence-electron chi connectivity index (χ3n) is 6.11. The Labute approximate surface area is 193 Å². The zero-order chi connectivity index (χ0) is 22.8. The van der Waals surface area contributed by atoms with Gasteiger partial charge >= 0.3 is 5.97 Å². The molecule has 3 aromatic rings. The van der Waals surface area contributed by atoms with Gasteiger partial charge < -0.3 is 24.8 Å². The van der Waals surface area contributed by atoms with Crippen molar-refractivity contribution in [1.82, 2.24) is 4.98 Å². The molecule has 0 fully saturated rings. The number of aromatic nitrogens is 1. The smallest absolute Gasteiger partial charge is 0.304 e. The van der Waals surface area contributed by atoms with Gasteiger partial charge in [0.1, 0.15) is 23.9 Å². The summed E-state index contributed by atoms with van der Waals surface area (Å²) in [5.74, 6) is 1.63. The zero-order valence-corrected chi connectivity index (χ0v) is 18.5. The molecule has 33 heavy (non-hydrogen) atoms. The maximum Gasteiger partial charge on any atom is 0.304 e. The van der Waals surface area contributed by atoms with E-state index in [1.54, 1.807) is 0 Å². The van der Waals surface area contributed by atoms with Crippen molar-refractivity contribution in [2.24, 2.45) is 0 Å². The summed E-state index contributed by atoms with van der Waals surface area (Å²) in [4.78, 5) is 17.8. The first kappa shape index (κ1) is 21.1. The van der Waals surface area contributed by atoms with Crippen molar-refractivity contribution in [3.05, 3.63) is 71.9 Å². The van der Waals surface area contributed by atoms with Gasteiger partial charge in [0.15, 0.2) is 0 Å². The molecule has 0 bridgehead atoms. The molecular formula is C26H27N3O4. The van der Waals surface area contributed by atoms with Crippen molar-refractivity contribution >= 4 is 23.2 Å². The van der Waals surface area contributed by atoms with E-state index in [1.807, 2.05) is 42.6 Å². The van der Waals surface area contributed by atoms with Crippen LogP contribution in [-0.4, -0.2) is 35.8 Å². The highest BCUT2D eigenvalue weighted by atomic mass is 16.5. The van der Waals surface area contributed by atoms with Crippen molar-refractivity contribution in [3.63, 3.8) is 0 Å². The van der Waals surface area contributed by atoms with E-state index in [4.69, 9.17) is 14.6 Å². The number of carbonyl (C=O) groups is 1. The fourth-order valence-corrected chi connectivity index (χ4v) is 4.61. The molecular weight excluding hydrogens is 418 g/mol. The summed E-state index contributed by atoms with van der Waals surface area (Å²) in [7, 11) is 0. The van der Waals surface area contributed by atoms with Crippen LogP contribution in [0.4, 0.5) is 17.2 Å². The van der Waals surface area contributed by atoms with E-state index in [-0.39, 0.29) is 18.4 Å². The predicted molar refractivity (Wildman–Crippen MR) is 127 cm³/mol. The van der Waals surface area contributed by atoms with Gasteiger partial charge in [0.2, 0.25) is 0 Å². The molecule has 170 valence electrons. The number of aliphatic carboxylic acids is 1. The average Bonchev–Trinajstić information content (AvgIpc) is 3.42. The van der Waals surface area contributed by atoms with Crippen LogP contribution in [0.3, 0.4) is 0 Å². The van der Waals surface area contributed by atoms with Gasteiger partial charge in [-0.05, 0) is 30.7 Å². The molecule has 0 unspecified atom stereocenters. The average molecular weight is 446 g/mol. The van der Waals surface area contributed by atoms with Crippen LogP contribution >= 0.6 is 0 Å². The summed E-state index contributed by atoms with van der Waals surface area (Å²) in [6.45, 7) is 3.93. The van der Waals surface area contributed by atoms with Crippen molar-refractivity contribution in [3.8, 4) is 11.5 Å². The van der Waals surface area contributed by atoms with Gasteiger partial charge in [0.05, 0.1) is 24.8 Å². The highest BCUT2D eigenvalue weighted by Gasteiger charge is 2.30. The molecule has 7 nitrogen and oxygen atoms in total. The number of hydrogen-bond donors (Lipinski definition) is 2. The van der Waals surface area contributed by atoms with Gasteiger partial charge in [0.25, 0.3) is 0 Å². The fourth-order valence-electron chi connectivity index (χ4n) is 4.61. The van der Waals surface area contributed by atoms with Crippen LogP contribution in [0.15, 0.2) is 60.8 Å². The van der Waals surface area contributed by atoms with Crippen molar-refractivity contribution in [2.75, 3.05) is 30.0 Å². The van der Waals surface area contributed by atoms with E-state index in [0.717, 1.165) is 52.8 Å². The second-order valence-electron chi connectivity index (χ2n) is 8.40. The van der Waals surface area contributed by atoms with Crippen LogP contribution in [0.25, 0.3) is 0 Å². The Morgan fingerprint density at radius 1 is 1.12 bits per heavy atom. The monoisotopic (exact) mass is 445 g/mol. The molecule has 0 spiro atoms. The number of rotatable bonds is 8. The maximum atomic E-state index is 11.1. The van der Waals surface area contributed by atoms with Gasteiger partial charge in [-0.1, -0.05) is 31.2 Å². The first-order valence-electron chi connectivity index (χ1n) is 11.3. The van der Waals surface area contributed by atoms with Gasteiger partial charge in [-0.15, -0.1) is 0 Å². The number of carboxylic acid groups (broad SMARTS) is 1. The lowest BCUT2D eigenvalue weighted by Crippen LogP contribution is -2.19. The second-order valence-corrected chi connectivity index (χ2v) is 8.40. The number of hydrogen-bond acceptors (Lipinski definition) is 6. The number of fused-ring (bicyclic) bond motifs is 2. The highest BCUT2D eigenvalue weighted by Crippen LogP contribution is 2.44. The van der Waals surface area contributed by atoms with E-state index < -0.39 is 5.97 Å². The number of nitrogens with one attached hydrogen (secondary N) is 1. The minimum absolute atomic E-state index is 0.00132. The van der Waals surface area contributed by atoms with Crippen molar-refractivity contribution in [1.29, 1.82) is 0 Å². The van der Waals surface area contributed by atoms with Crippen LogP contribution in [0.2, 0.25) is 0 Å². The maximum absolute atomic E-state index is 11.1. The molecule has 5 rings (SSSR count). The van der Waals surface area contributed by atoms with Crippen LogP contribution < -0.4 is 19.7 Å². The number of anilines is 3. The molecule has 2 aliphatic heterocycles. The summed E-state index contributed by atoms with van der Waals surface area (Å²) < 4.78 is 12.0. The Kier molecular flexibility index (Phi) is 5.77. The third-order valence-corrected chi connectivity index (χ3v) is 6.11. The largest absolute Gasteiger partial charge is 0.493 e. The lowest BCUT2D eigenvalue weighted by molar-refractivity contribution is -0.137. The first-order valence-corrected chi connectivity index (χ1v) is 11.3. The molecule has 0 amide bonds. The van der Waals surface area contributed by atoms with Crippen LogP contribution in [0, 0.1) is 0 Å². The van der Waals surface area contributed by atoms with E-state index in [9.17, 15) is 4.79 Å². The fraction of sp³-hybridized carbons (Fsp3) is 0.308. The molecule has 2 aromatic carbocycles. The number of benzene rings is 2. The molecule has 0 saturated carbocycles. The lowest BCUT2D eigenvalue weighted by Gasteiger charge is -2.25. The number of nitrogens with zero attached hydrogens (tertiary/aromatic N) is 2. The van der Waals surface area contributed by atoms with Crippen LogP contribution in [0.5, 0.6) is 11.5 Å². The Morgan fingerprint density at radius 3 is 2.82 bits per heavy atom. The van der Waals surface area contributed by atoms with Gasteiger partial charge in [-0.2, -0.15) is 0 Å². The first-order chi connectivity index (χ1) is 16.1. The topological polar surface area (TPSA) is 83.9 Å². The highest BCUT2D eigenvalue weighted by molar-refractivity contribution is 5.72. The minimum Gasteiger partial charge on any atom is -0.493 e. The Balaban J connectivity index is 1.39. The summed E-state index contributed by atoms with van der Waals surface area (Å²) in [6.07, 6.45) is 2.88. The molecule has 2 aliphatic rings. The minimum atomic E-state index is -0.808. The lowest BCUT2D eigenvalue weighted by atomic mass is 9.97. The molecule has 0 aliphatic carbocycles. The summed E-state index contributed by atoms with van der Waals surface area (Å²) >= 11 is 0. The van der Waals surface area contributed by atoms with E-state index in [1.165, 1.54) is 0 Å².